The molecule has 1 unspecified atom stereocenters. The van der Waals surface area contributed by atoms with Crippen molar-refractivity contribution < 1.29 is 9.21 Å². The average molecular weight is 366 g/mol. The molecule has 1 N–H and O–H groups in total. The number of benzene rings is 2. The van der Waals surface area contributed by atoms with Crippen LogP contribution in [-0.2, 0) is 0 Å². The highest BCUT2D eigenvalue weighted by Gasteiger charge is 2.24. The minimum absolute atomic E-state index is 0.0262. The number of nitrogens with one attached hydrogen (secondary N) is 1. The molecule has 0 aliphatic carbocycles. The first kappa shape index (κ1) is 17.2. The molecule has 2 aromatic carbocycles. The van der Waals surface area contributed by atoms with E-state index in [9.17, 15) is 4.79 Å². The maximum absolute atomic E-state index is 12.9. The molecule has 2 heterocycles. The fourth-order valence-corrected chi connectivity index (χ4v) is 4.45. The maximum Gasteiger partial charge on any atom is 0.251 e. The van der Waals surface area contributed by atoms with Gasteiger partial charge < -0.3 is 9.73 Å². The molecular weight excluding hydrogens is 344 g/mol. The van der Waals surface area contributed by atoms with Crippen LogP contribution in [0.3, 0.4) is 0 Å². The van der Waals surface area contributed by atoms with E-state index in [1.807, 2.05) is 60.3 Å². The number of rotatable bonds is 5. The Labute approximate surface area is 157 Å². The lowest BCUT2D eigenvalue weighted by Crippen LogP contribution is -2.42. The van der Waals surface area contributed by atoms with Crippen molar-refractivity contribution in [1.29, 1.82) is 0 Å². The smallest absolute Gasteiger partial charge is 0.251 e. The Morgan fingerprint density at radius 2 is 1.92 bits per heavy atom. The molecule has 1 amide bonds. The Morgan fingerprint density at radius 1 is 1.12 bits per heavy atom. The van der Waals surface area contributed by atoms with Crippen LogP contribution in [0.1, 0.15) is 22.0 Å². The van der Waals surface area contributed by atoms with Gasteiger partial charge >= 0.3 is 0 Å². The molecule has 1 saturated heterocycles. The van der Waals surface area contributed by atoms with Gasteiger partial charge in [0.15, 0.2) is 0 Å². The molecule has 0 bridgehead atoms. The number of thioether (sulfide) groups is 1. The van der Waals surface area contributed by atoms with Gasteiger partial charge in [-0.1, -0.05) is 36.4 Å². The van der Waals surface area contributed by atoms with Crippen molar-refractivity contribution in [3.05, 3.63) is 72.2 Å². The van der Waals surface area contributed by atoms with E-state index >= 15 is 0 Å². The summed E-state index contributed by atoms with van der Waals surface area (Å²) in [6, 6.07) is 16.0. The SMILES string of the molecule is O=C(NCC(c1ccoc1)N1CCSCC1)c1cccc2ccccc12. The molecular formula is C21H22N2O2S. The first-order valence-corrected chi connectivity index (χ1v) is 10.1. The number of carbonyl (C=O) groups excluding carboxylic acids is 1. The summed E-state index contributed by atoms with van der Waals surface area (Å²) in [6.45, 7) is 2.64. The number of fused-ring (bicyclic) bond motifs is 1. The summed E-state index contributed by atoms with van der Waals surface area (Å²) in [5.41, 5.74) is 1.85. The number of hydrogen-bond donors (Lipinski definition) is 1. The molecule has 0 saturated carbocycles. The van der Waals surface area contributed by atoms with Crippen molar-refractivity contribution in [2.24, 2.45) is 0 Å². The van der Waals surface area contributed by atoms with E-state index in [0.29, 0.717) is 6.54 Å². The van der Waals surface area contributed by atoms with Crippen LogP contribution in [0, 0.1) is 0 Å². The van der Waals surface area contributed by atoms with Gasteiger partial charge in [0.05, 0.1) is 18.6 Å². The van der Waals surface area contributed by atoms with Crippen molar-refractivity contribution in [1.82, 2.24) is 10.2 Å². The second-order valence-corrected chi connectivity index (χ2v) is 7.68. The highest BCUT2D eigenvalue weighted by atomic mass is 32.2. The Hall–Kier alpha value is -2.24. The molecule has 134 valence electrons. The third-order valence-electron chi connectivity index (χ3n) is 4.90. The van der Waals surface area contributed by atoms with Gasteiger partial charge in [0.1, 0.15) is 0 Å². The number of furan rings is 1. The molecule has 26 heavy (non-hydrogen) atoms. The van der Waals surface area contributed by atoms with Gasteiger partial charge in [0, 0.05) is 42.3 Å². The monoisotopic (exact) mass is 366 g/mol. The molecule has 0 radical (unpaired) electrons. The van der Waals surface area contributed by atoms with Gasteiger partial charge in [-0.2, -0.15) is 11.8 Å². The zero-order chi connectivity index (χ0) is 17.8. The summed E-state index contributed by atoms with van der Waals surface area (Å²) in [5, 5.41) is 5.22. The van der Waals surface area contributed by atoms with Crippen LogP contribution in [0.5, 0.6) is 0 Å². The fraction of sp³-hybridized carbons (Fsp3) is 0.286. The lowest BCUT2D eigenvalue weighted by Gasteiger charge is -2.34. The van der Waals surface area contributed by atoms with Crippen molar-refractivity contribution in [2.45, 2.75) is 6.04 Å². The number of nitrogens with zero attached hydrogens (tertiary/aromatic N) is 1. The molecule has 5 heteroatoms. The zero-order valence-corrected chi connectivity index (χ0v) is 15.4. The minimum atomic E-state index is -0.0262. The molecule has 1 aliphatic rings. The summed E-state index contributed by atoms with van der Waals surface area (Å²) in [6.07, 6.45) is 3.49. The van der Waals surface area contributed by atoms with E-state index in [0.717, 1.165) is 46.5 Å². The minimum Gasteiger partial charge on any atom is -0.472 e. The third kappa shape index (κ3) is 3.64. The Balaban J connectivity index is 1.52. The van der Waals surface area contributed by atoms with E-state index < -0.39 is 0 Å². The number of hydrogen-bond acceptors (Lipinski definition) is 4. The summed E-state index contributed by atoms with van der Waals surface area (Å²) in [4.78, 5) is 15.3. The quantitative estimate of drug-likeness (QED) is 0.743. The topological polar surface area (TPSA) is 45.5 Å². The third-order valence-corrected chi connectivity index (χ3v) is 5.85. The maximum atomic E-state index is 12.9. The highest BCUT2D eigenvalue weighted by Crippen LogP contribution is 2.25. The molecule has 1 fully saturated rings. The van der Waals surface area contributed by atoms with Gasteiger partial charge in [0.25, 0.3) is 5.91 Å². The normalized spacial score (nSPS) is 16.5. The summed E-state index contributed by atoms with van der Waals surface area (Å²) in [7, 11) is 0. The van der Waals surface area contributed by atoms with Gasteiger partial charge in [0.2, 0.25) is 0 Å². The standard InChI is InChI=1S/C21H22N2O2S/c24-21(19-7-3-5-16-4-1-2-6-18(16)19)22-14-20(17-8-11-25-15-17)23-9-12-26-13-10-23/h1-8,11,15,20H,9-10,12-14H2,(H,22,24). The zero-order valence-electron chi connectivity index (χ0n) is 14.6. The molecule has 4 nitrogen and oxygen atoms in total. The van der Waals surface area contributed by atoms with Gasteiger partial charge in [-0.25, -0.2) is 0 Å². The molecule has 0 spiro atoms. The molecule has 3 aromatic rings. The second-order valence-electron chi connectivity index (χ2n) is 6.46. The van der Waals surface area contributed by atoms with Gasteiger partial charge in [-0.15, -0.1) is 0 Å². The van der Waals surface area contributed by atoms with E-state index in [-0.39, 0.29) is 11.9 Å². The fourth-order valence-electron chi connectivity index (χ4n) is 3.52. The van der Waals surface area contributed by atoms with Crippen LogP contribution in [-0.4, -0.2) is 41.9 Å². The molecule has 4 rings (SSSR count). The van der Waals surface area contributed by atoms with Crippen molar-refractivity contribution in [3.8, 4) is 0 Å². The van der Waals surface area contributed by atoms with Crippen LogP contribution in [0.4, 0.5) is 0 Å². The van der Waals surface area contributed by atoms with E-state index in [4.69, 9.17) is 4.42 Å². The highest BCUT2D eigenvalue weighted by molar-refractivity contribution is 7.99. The van der Waals surface area contributed by atoms with E-state index in [1.165, 1.54) is 0 Å². The Kier molecular flexibility index (Phi) is 5.27. The predicted octanol–water partition coefficient (Wildman–Crippen LogP) is 3.95. The van der Waals surface area contributed by atoms with Gasteiger partial charge in [-0.3, -0.25) is 9.69 Å². The summed E-state index contributed by atoms with van der Waals surface area (Å²) < 4.78 is 5.29. The van der Waals surface area contributed by atoms with Crippen molar-refractivity contribution in [2.75, 3.05) is 31.1 Å². The van der Waals surface area contributed by atoms with E-state index in [1.54, 1.807) is 12.5 Å². The first-order valence-electron chi connectivity index (χ1n) is 8.93. The van der Waals surface area contributed by atoms with Crippen LogP contribution in [0.2, 0.25) is 0 Å². The Bertz CT molecular complexity index is 867. The van der Waals surface area contributed by atoms with Gasteiger partial charge in [-0.05, 0) is 22.9 Å². The lowest BCUT2D eigenvalue weighted by atomic mass is 10.0. The summed E-state index contributed by atoms with van der Waals surface area (Å²) in [5.74, 6) is 2.23. The van der Waals surface area contributed by atoms with E-state index in [2.05, 4.69) is 10.2 Å². The summed E-state index contributed by atoms with van der Waals surface area (Å²) >= 11 is 1.98. The van der Waals surface area contributed by atoms with Crippen molar-refractivity contribution >= 4 is 28.4 Å². The average Bonchev–Trinajstić information content (AvgIpc) is 3.23. The predicted molar refractivity (Wildman–Crippen MR) is 107 cm³/mol. The molecule has 1 aliphatic heterocycles. The number of carbonyl (C=O) groups is 1. The van der Waals surface area contributed by atoms with Crippen molar-refractivity contribution in [3.63, 3.8) is 0 Å². The van der Waals surface area contributed by atoms with Crippen LogP contribution >= 0.6 is 11.8 Å². The van der Waals surface area contributed by atoms with Crippen LogP contribution in [0.15, 0.2) is 65.5 Å². The molecule has 1 aromatic heterocycles. The van der Waals surface area contributed by atoms with Crippen LogP contribution < -0.4 is 5.32 Å². The Morgan fingerprint density at radius 3 is 2.73 bits per heavy atom. The lowest BCUT2D eigenvalue weighted by molar-refractivity contribution is 0.0936. The first-order chi connectivity index (χ1) is 12.8. The molecule has 1 atom stereocenters. The van der Waals surface area contributed by atoms with Crippen LogP contribution in [0.25, 0.3) is 10.8 Å². The second kappa shape index (κ2) is 7.98. The number of amides is 1. The largest absolute Gasteiger partial charge is 0.472 e.